The molecule has 0 saturated heterocycles. The van der Waals surface area contributed by atoms with Gasteiger partial charge in [0.1, 0.15) is 0 Å². The van der Waals surface area contributed by atoms with Gasteiger partial charge in [-0.3, -0.25) is 0 Å². The molecular formula is C12H11NSe2. The summed E-state index contributed by atoms with van der Waals surface area (Å²) in [7, 11) is 2.16. The molecule has 0 unspecified atom stereocenters. The Balaban J connectivity index is 2.21. The fourth-order valence-corrected chi connectivity index (χ4v) is 7.20. The van der Waals surface area contributed by atoms with Gasteiger partial charge in [-0.15, -0.1) is 0 Å². The van der Waals surface area contributed by atoms with Crippen LogP contribution in [0.4, 0.5) is 0 Å². The summed E-state index contributed by atoms with van der Waals surface area (Å²) in [5.41, 5.74) is 2.75. The van der Waals surface area contributed by atoms with Crippen molar-refractivity contribution in [3.63, 3.8) is 0 Å². The van der Waals surface area contributed by atoms with Crippen LogP contribution in [0.1, 0.15) is 5.69 Å². The molecule has 0 N–H and O–H groups in total. The van der Waals surface area contributed by atoms with Crippen LogP contribution in [0, 0.1) is 6.92 Å². The van der Waals surface area contributed by atoms with Gasteiger partial charge in [-0.05, 0) is 0 Å². The van der Waals surface area contributed by atoms with E-state index in [4.69, 9.17) is 0 Å². The third kappa shape index (κ3) is 1.51. The van der Waals surface area contributed by atoms with E-state index in [0.29, 0.717) is 29.0 Å². The first kappa shape index (κ1) is 9.74. The Hall–Kier alpha value is -0.461. The van der Waals surface area contributed by atoms with Crippen LogP contribution in [0.2, 0.25) is 0 Å². The van der Waals surface area contributed by atoms with Gasteiger partial charge in [-0.25, -0.2) is 0 Å². The summed E-state index contributed by atoms with van der Waals surface area (Å²) in [5.74, 6) is 0. The number of rotatable bonds is 1. The van der Waals surface area contributed by atoms with E-state index in [1.165, 1.54) is 11.4 Å². The second kappa shape index (κ2) is 3.54. The van der Waals surface area contributed by atoms with Crippen molar-refractivity contribution in [3.05, 3.63) is 34.9 Å². The summed E-state index contributed by atoms with van der Waals surface area (Å²) in [5, 5.41) is 0. The Morgan fingerprint density at radius 2 is 2.00 bits per heavy atom. The standard InChI is InChI=1S/C12H11NSe2/c1-8-3-4-9(13(8)2)11-7-12-10(15-11)5-6-14-12/h3-7H,1-2H3. The van der Waals surface area contributed by atoms with Crippen LogP contribution in [0.25, 0.3) is 18.7 Å². The van der Waals surface area contributed by atoms with Crippen LogP contribution in [0.5, 0.6) is 0 Å². The molecule has 0 amide bonds. The number of fused-ring (bicyclic) bond motifs is 1. The van der Waals surface area contributed by atoms with Gasteiger partial charge in [0.15, 0.2) is 0 Å². The van der Waals surface area contributed by atoms with Crippen LogP contribution >= 0.6 is 0 Å². The summed E-state index contributed by atoms with van der Waals surface area (Å²) >= 11 is 1.15. The van der Waals surface area contributed by atoms with Gasteiger partial charge in [-0.1, -0.05) is 0 Å². The SMILES string of the molecule is Cc1ccc(-c2cc3[se]ccc3[se]2)n1C. The fraction of sp³-hybridized carbons (Fsp3) is 0.167. The van der Waals surface area contributed by atoms with Crippen molar-refractivity contribution in [1.82, 2.24) is 4.57 Å². The molecule has 3 rings (SSSR count). The third-order valence-corrected chi connectivity index (χ3v) is 7.59. The van der Waals surface area contributed by atoms with Crippen molar-refractivity contribution >= 4 is 37.5 Å². The number of nitrogens with zero attached hydrogens (tertiary/aromatic N) is 1. The molecule has 0 aliphatic rings. The van der Waals surface area contributed by atoms with E-state index >= 15 is 0 Å². The average Bonchev–Trinajstić information content (AvgIpc) is 2.82. The zero-order chi connectivity index (χ0) is 10.4. The van der Waals surface area contributed by atoms with E-state index in [2.05, 4.69) is 47.7 Å². The predicted octanol–water partition coefficient (Wildman–Crippen LogP) is 2.27. The van der Waals surface area contributed by atoms with Crippen molar-refractivity contribution in [3.8, 4) is 10.1 Å². The van der Waals surface area contributed by atoms with Crippen molar-refractivity contribution in [2.24, 2.45) is 7.05 Å². The summed E-state index contributed by atoms with van der Waals surface area (Å²) in [6.07, 6.45) is 0. The Bertz CT molecular complexity index is 584. The van der Waals surface area contributed by atoms with E-state index < -0.39 is 0 Å². The average molecular weight is 327 g/mol. The maximum absolute atomic E-state index is 2.42. The van der Waals surface area contributed by atoms with Crippen molar-refractivity contribution in [2.45, 2.75) is 6.92 Å². The van der Waals surface area contributed by atoms with E-state index in [0.717, 1.165) is 0 Å². The molecule has 0 radical (unpaired) electrons. The molecule has 3 heteroatoms. The van der Waals surface area contributed by atoms with Crippen LogP contribution in [0.3, 0.4) is 0 Å². The summed E-state index contributed by atoms with van der Waals surface area (Å²) in [6, 6.07) is 9.21. The molecule has 0 fully saturated rings. The Kier molecular flexibility index (Phi) is 2.30. The van der Waals surface area contributed by atoms with E-state index in [-0.39, 0.29) is 0 Å². The Morgan fingerprint density at radius 3 is 2.67 bits per heavy atom. The summed E-state index contributed by atoms with van der Waals surface area (Å²) < 4.78 is 7.06. The summed E-state index contributed by atoms with van der Waals surface area (Å²) in [6.45, 7) is 2.16. The first-order chi connectivity index (χ1) is 7.25. The molecule has 15 heavy (non-hydrogen) atoms. The molecule has 0 spiro atoms. The normalized spacial score (nSPS) is 11.3. The first-order valence-electron chi connectivity index (χ1n) is 4.85. The van der Waals surface area contributed by atoms with Gasteiger partial charge < -0.3 is 0 Å². The molecular weight excluding hydrogens is 316 g/mol. The Morgan fingerprint density at radius 1 is 1.13 bits per heavy atom. The Labute approximate surface area is 101 Å². The molecule has 0 atom stereocenters. The number of hydrogen-bond donors (Lipinski definition) is 0. The van der Waals surface area contributed by atoms with Crippen molar-refractivity contribution < 1.29 is 0 Å². The zero-order valence-electron chi connectivity index (χ0n) is 8.65. The van der Waals surface area contributed by atoms with Gasteiger partial charge in [0.2, 0.25) is 0 Å². The minimum absolute atomic E-state index is 0.544. The van der Waals surface area contributed by atoms with Crippen LogP contribution < -0.4 is 0 Å². The first-order valence-corrected chi connectivity index (χ1v) is 8.41. The van der Waals surface area contributed by atoms with Gasteiger partial charge in [0.25, 0.3) is 0 Å². The van der Waals surface area contributed by atoms with E-state index in [1.807, 2.05) is 0 Å². The molecule has 3 aromatic heterocycles. The van der Waals surface area contributed by atoms with Gasteiger partial charge >= 0.3 is 101 Å². The molecule has 76 valence electrons. The molecule has 0 aliphatic carbocycles. The van der Waals surface area contributed by atoms with Gasteiger partial charge in [0, 0.05) is 0 Å². The van der Waals surface area contributed by atoms with Crippen LogP contribution in [-0.4, -0.2) is 33.6 Å². The summed E-state index contributed by atoms with van der Waals surface area (Å²) in [4.78, 5) is 2.34. The molecule has 0 aliphatic heterocycles. The molecule has 3 aromatic rings. The quantitative estimate of drug-likeness (QED) is 0.605. The molecule has 0 saturated carbocycles. The molecule has 1 nitrogen and oxygen atoms in total. The third-order valence-electron chi connectivity index (χ3n) is 2.76. The van der Waals surface area contributed by atoms with E-state index in [1.54, 1.807) is 13.0 Å². The predicted molar refractivity (Wildman–Crippen MR) is 67.0 cm³/mol. The minimum atomic E-state index is 0.544. The second-order valence-corrected chi connectivity index (χ2v) is 7.94. The second-order valence-electron chi connectivity index (χ2n) is 3.68. The van der Waals surface area contributed by atoms with Crippen molar-refractivity contribution in [1.29, 1.82) is 0 Å². The number of aromatic nitrogens is 1. The van der Waals surface area contributed by atoms with Crippen LogP contribution in [-0.2, 0) is 7.05 Å². The van der Waals surface area contributed by atoms with E-state index in [9.17, 15) is 0 Å². The van der Waals surface area contributed by atoms with Crippen molar-refractivity contribution in [2.75, 3.05) is 0 Å². The fourth-order valence-electron chi connectivity index (χ4n) is 1.75. The molecule has 3 heterocycles. The zero-order valence-corrected chi connectivity index (χ0v) is 12.1. The number of hydrogen-bond acceptors (Lipinski definition) is 0. The maximum atomic E-state index is 2.42. The monoisotopic (exact) mass is 329 g/mol. The molecule has 0 aromatic carbocycles. The van der Waals surface area contributed by atoms with Gasteiger partial charge in [0.05, 0.1) is 0 Å². The van der Waals surface area contributed by atoms with Crippen LogP contribution in [0.15, 0.2) is 29.2 Å². The van der Waals surface area contributed by atoms with Gasteiger partial charge in [-0.2, -0.15) is 0 Å². The topological polar surface area (TPSA) is 4.93 Å². The molecule has 0 bridgehead atoms. The number of aryl methyl sites for hydroxylation is 1.